The zero-order valence-electron chi connectivity index (χ0n) is 14.9. The Bertz CT molecular complexity index is 441. The van der Waals surface area contributed by atoms with Gasteiger partial charge in [0.2, 0.25) is 0 Å². The van der Waals surface area contributed by atoms with Crippen molar-refractivity contribution in [3.05, 3.63) is 29.8 Å². The molecule has 1 rings (SSSR count). The molecule has 1 nitrogen and oxygen atoms in total. The lowest BCUT2D eigenvalue weighted by molar-refractivity contribution is 0.576. The Hall–Kier alpha value is -0.550. The maximum atomic E-state index is 13.6. The second-order valence-electron chi connectivity index (χ2n) is 6.48. The summed E-state index contributed by atoms with van der Waals surface area (Å²) < 4.78 is 13.6. The highest BCUT2D eigenvalue weighted by atomic mass is 31.2. The summed E-state index contributed by atoms with van der Waals surface area (Å²) >= 11 is 0. The van der Waals surface area contributed by atoms with E-state index in [0.29, 0.717) is 0 Å². The zero-order chi connectivity index (χ0) is 16.3. The topological polar surface area (TPSA) is 17.1 Å². The van der Waals surface area contributed by atoms with Crippen LogP contribution in [0.15, 0.2) is 24.3 Å². The van der Waals surface area contributed by atoms with Gasteiger partial charge in [0.25, 0.3) is 0 Å². The molecule has 126 valence electrons. The lowest BCUT2D eigenvalue weighted by atomic mass is 10.1. The van der Waals surface area contributed by atoms with E-state index in [0.717, 1.165) is 44.4 Å². The van der Waals surface area contributed by atoms with Crippen LogP contribution >= 0.6 is 7.14 Å². The van der Waals surface area contributed by atoms with Gasteiger partial charge in [-0.15, -0.1) is 0 Å². The number of unbranched alkanes of at least 4 members (excludes halogenated alkanes) is 5. The lowest BCUT2D eigenvalue weighted by Crippen LogP contribution is -2.16. The molecule has 0 saturated carbocycles. The maximum Gasteiger partial charge on any atom is 0.115 e. The molecule has 1 aromatic carbocycles. The van der Waals surface area contributed by atoms with Crippen LogP contribution in [0, 0.1) is 0 Å². The molecule has 0 unspecified atom stereocenters. The fourth-order valence-electron chi connectivity index (χ4n) is 3.04. The van der Waals surface area contributed by atoms with Gasteiger partial charge < -0.3 is 4.57 Å². The molecule has 0 N–H and O–H groups in total. The van der Waals surface area contributed by atoms with Crippen LogP contribution in [-0.4, -0.2) is 12.3 Å². The van der Waals surface area contributed by atoms with E-state index in [9.17, 15) is 4.57 Å². The van der Waals surface area contributed by atoms with Crippen LogP contribution in [0.1, 0.15) is 77.7 Å². The molecule has 22 heavy (non-hydrogen) atoms. The number of hydrogen-bond donors (Lipinski definition) is 0. The molecule has 0 radical (unpaired) electrons. The fourth-order valence-corrected chi connectivity index (χ4v) is 6.47. The SMILES string of the molecule is CCCCCCc1ccccc1P(=O)(CCCC)CCCC. The first-order valence-corrected chi connectivity index (χ1v) is 11.4. The predicted octanol–water partition coefficient (Wildman–Crippen LogP) is 6.40. The van der Waals surface area contributed by atoms with Gasteiger partial charge >= 0.3 is 0 Å². The Morgan fingerprint density at radius 1 is 0.773 bits per heavy atom. The van der Waals surface area contributed by atoms with Crippen LogP contribution < -0.4 is 5.30 Å². The minimum atomic E-state index is -2.20. The van der Waals surface area contributed by atoms with Gasteiger partial charge in [-0.25, -0.2) is 0 Å². The van der Waals surface area contributed by atoms with Crippen molar-refractivity contribution in [2.24, 2.45) is 0 Å². The van der Waals surface area contributed by atoms with Gasteiger partial charge in [0.05, 0.1) is 0 Å². The van der Waals surface area contributed by atoms with Crippen molar-refractivity contribution in [1.29, 1.82) is 0 Å². The van der Waals surface area contributed by atoms with Crippen molar-refractivity contribution in [3.8, 4) is 0 Å². The Morgan fingerprint density at radius 2 is 1.36 bits per heavy atom. The van der Waals surface area contributed by atoms with Gasteiger partial charge in [-0.1, -0.05) is 77.1 Å². The van der Waals surface area contributed by atoms with Gasteiger partial charge in [-0.3, -0.25) is 0 Å². The van der Waals surface area contributed by atoms with Crippen LogP contribution in [0.2, 0.25) is 0 Å². The van der Waals surface area contributed by atoms with E-state index in [-0.39, 0.29) is 0 Å². The van der Waals surface area contributed by atoms with Crippen molar-refractivity contribution in [3.63, 3.8) is 0 Å². The molecule has 1 aromatic rings. The van der Waals surface area contributed by atoms with Gasteiger partial charge in [-0.2, -0.15) is 0 Å². The minimum absolute atomic E-state index is 0.898. The summed E-state index contributed by atoms with van der Waals surface area (Å²) in [6.45, 7) is 6.64. The predicted molar refractivity (Wildman–Crippen MR) is 101 cm³/mol. The second-order valence-corrected chi connectivity index (χ2v) is 9.64. The lowest BCUT2D eigenvalue weighted by Gasteiger charge is -2.21. The molecule has 0 spiro atoms. The van der Waals surface area contributed by atoms with Crippen molar-refractivity contribution >= 4 is 12.4 Å². The normalized spacial score (nSPS) is 11.8. The van der Waals surface area contributed by atoms with Gasteiger partial charge in [0, 0.05) is 17.6 Å². The van der Waals surface area contributed by atoms with Crippen LogP contribution in [0.25, 0.3) is 0 Å². The fraction of sp³-hybridized carbons (Fsp3) is 0.700. The van der Waals surface area contributed by atoms with Gasteiger partial charge in [0.15, 0.2) is 0 Å². The smallest absolute Gasteiger partial charge is 0.115 e. The van der Waals surface area contributed by atoms with E-state index in [2.05, 4.69) is 45.0 Å². The maximum absolute atomic E-state index is 13.6. The number of rotatable bonds is 12. The van der Waals surface area contributed by atoms with Crippen LogP contribution in [-0.2, 0) is 11.0 Å². The Morgan fingerprint density at radius 3 is 1.95 bits per heavy atom. The molecule has 0 atom stereocenters. The van der Waals surface area contributed by atoms with Gasteiger partial charge in [0.1, 0.15) is 7.14 Å². The van der Waals surface area contributed by atoms with Gasteiger partial charge in [-0.05, 0) is 31.2 Å². The standard InChI is InChI=1S/C20H35OP/c1-4-7-10-11-14-19-15-12-13-16-20(19)22(21,17-8-5-2)18-9-6-3/h12-13,15-16H,4-11,14,17-18H2,1-3H3. The van der Waals surface area contributed by atoms with E-state index in [1.54, 1.807) is 0 Å². The van der Waals surface area contributed by atoms with E-state index < -0.39 is 7.14 Å². The third kappa shape index (κ3) is 6.29. The molecular weight excluding hydrogens is 287 g/mol. The molecule has 0 amide bonds. The molecule has 2 heteroatoms. The minimum Gasteiger partial charge on any atom is -0.319 e. The van der Waals surface area contributed by atoms with E-state index in [1.165, 1.54) is 36.6 Å². The van der Waals surface area contributed by atoms with Crippen molar-refractivity contribution in [1.82, 2.24) is 0 Å². The molecule has 0 fully saturated rings. The largest absolute Gasteiger partial charge is 0.319 e. The number of benzene rings is 1. The zero-order valence-corrected chi connectivity index (χ0v) is 15.8. The monoisotopic (exact) mass is 322 g/mol. The molecule has 0 aliphatic heterocycles. The molecular formula is C20H35OP. The third-order valence-electron chi connectivity index (χ3n) is 4.48. The average molecular weight is 322 g/mol. The Balaban J connectivity index is 2.90. The van der Waals surface area contributed by atoms with Crippen molar-refractivity contribution in [2.45, 2.75) is 78.6 Å². The van der Waals surface area contributed by atoms with Crippen LogP contribution in [0.3, 0.4) is 0 Å². The Kier molecular flexibility index (Phi) is 9.80. The molecule has 0 bridgehead atoms. The van der Waals surface area contributed by atoms with Crippen molar-refractivity contribution in [2.75, 3.05) is 12.3 Å². The first kappa shape index (κ1) is 19.5. The molecule has 0 aromatic heterocycles. The number of hydrogen-bond acceptors (Lipinski definition) is 1. The first-order chi connectivity index (χ1) is 10.7. The highest BCUT2D eigenvalue weighted by Crippen LogP contribution is 2.47. The van der Waals surface area contributed by atoms with E-state index >= 15 is 0 Å². The highest BCUT2D eigenvalue weighted by Gasteiger charge is 2.25. The van der Waals surface area contributed by atoms with E-state index in [4.69, 9.17) is 0 Å². The molecule has 0 aliphatic carbocycles. The molecule has 0 saturated heterocycles. The highest BCUT2D eigenvalue weighted by molar-refractivity contribution is 7.71. The third-order valence-corrected chi connectivity index (χ3v) is 7.87. The van der Waals surface area contributed by atoms with Crippen molar-refractivity contribution < 1.29 is 4.57 Å². The summed E-state index contributed by atoms with van der Waals surface area (Å²) in [7, 11) is -2.20. The average Bonchev–Trinajstić information content (AvgIpc) is 2.55. The summed E-state index contributed by atoms with van der Waals surface area (Å²) in [4.78, 5) is 0. The summed E-state index contributed by atoms with van der Waals surface area (Å²) in [5, 5.41) is 1.20. The van der Waals surface area contributed by atoms with Crippen LogP contribution in [0.5, 0.6) is 0 Å². The second kappa shape index (κ2) is 11.1. The number of aryl methyl sites for hydroxylation is 1. The molecule has 0 aliphatic rings. The Labute approximate surface area is 138 Å². The first-order valence-electron chi connectivity index (χ1n) is 9.34. The summed E-state index contributed by atoms with van der Waals surface area (Å²) in [5.41, 5.74) is 1.36. The summed E-state index contributed by atoms with van der Waals surface area (Å²) in [6.07, 6.45) is 12.4. The van der Waals surface area contributed by atoms with E-state index in [1.807, 2.05) is 0 Å². The van der Waals surface area contributed by atoms with Crippen LogP contribution in [0.4, 0.5) is 0 Å². The quantitative estimate of drug-likeness (QED) is 0.321. The summed E-state index contributed by atoms with van der Waals surface area (Å²) in [6, 6.07) is 8.56. The summed E-state index contributed by atoms with van der Waals surface area (Å²) in [5.74, 6) is 0. The molecule has 0 heterocycles.